The highest BCUT2D eigenvalue weighted by atomic mass is 79.9. The molecule has 0 aliphatic heterocycles. The summed E-state index contributed by atoms with van der Waals surface area (Å²) in [5, 5.41) is 32.1. The van der Waals surface area contributed by atoms with Crippen LogP contribution in [0.5, 0.6) is 0 Å². The predicted molar refractivity (Wildman–Crippen MR) is 108 cm³/mol. The van der Waals surface area contributed by atoms with Crippen molar-refractivity contribution in [3.63, 3.8) is 0 Å². The smallest absolute Gasteiger partial charge is 0.190 e. The largest absolute Gasteiger partial charge is 0.390 e. The highest BCUT2D eigenvalue weighted by Crippen LogP contribution is 2.71. The molecule has 10 atom stereocenters. The van der Waals surface area contributed by atoms with E-state index < -0.39 is 75.1 Å². The van der Waals surface area contributed by atoms with Gasteiger partial charge in [-0.1, -0.05) is 35.9 Å². The minimum atomic E-state index is -2.32. The lowest BCUT2D eigenvalue weighted by Gasteiger charge is -2.64. The van der Waals surface area contributed by atoms with Gasteiger partial charge in [0, 0.05) is 16.7 Å². The molecule has 0 unspecified atom stereocenters. The summed E-state index contributed by atoms with van der Waals surface area (Å²) < 4.78 is 32.7. The molecule has 0 aromatic heterocycles. The van der Waals surface area contributed by atoms with Gasteiger partial charge >= 0.3 is 0 Å². The summed E-state index contributed by atoms with van der Waals surface area (Å²) >= 11 is 3.32. The third-order valence-electron chi connectivity index (χ3n) is 8.79. The lowest BCUT2D eigenvalue weighted by atomic mass is 9.44. The number of carbonyl (C=O) groups excluding carboxylic acids is 2. The van der Waals surface area contributed by atoms with E-state index in [2.05, 4.69) is 15.9 Å². The van der Waals surface area contributed by atoms with Crippen LogP contribution in [0.4, 0.5) is 8.78 Å². The van der Waals surface area contributed by atoms with Crippen molar-refractivity contribution in [3.8, 4) is 0 Å². The molecule has 0 heterocycles. The molecule has 8 heteroatoms. The number of hydrogen-bond acceptors (Lipinski definition) is 5. The Labute approximate surface area is 182 Å². The first kappa shape index (κ1) is 22.2. The summed E-state index contributed by atoms with van der Waals surface area (Å²) in [6.07, 6.45) is 0.383. The van der Waals surface area contributed by atoms with Crippen molar-refractivity contribution in [2.24, 2.45) is 28.6 Å². The second kappa shape index (κ2) is 6.53. The van der Waals surface area contributed by atoms with Gasteiger partial charge < -0.3 is 15.3 Å². The number of alkyl halides is 3. The molecule has 5 nitrogen and oxygen atoms in total. The van der Waals surface area contributed by atoms with Crippen LogP contribution < -0.4 is 0 Å². The van der Waals surface area contributed by atoms with Crippen LogP contribution in [0.2, 0.25) is 0 Å². The van der Waals surface area contributed by atoms with E-state index in [0.29, 0.717) is 0 Å². The average molecular weight is 489 g/mol. The summed E-state index contributed by atoms with van der Waals surface area (Å²) in [5.41, 5.74) is -7.07. The minimum absolute atomic E-state index is 0.00832. The van der Waals surface area contributed by atoms with Crippen LogP contribution in [-0.2, 0) is 9.59 Å². The van der Waals surface area contributed by atoms with Crippen LogP contribution in [-0.4, -0.2) is 61.9 Å². The molecule has 4 rings (SSSR count). The Kier molecular flexibility index (Phi) is 4.84. The molecular weight excluding hydrogens is 462 g/mol. The van der Waals surface area contributed by atoms with Gasteiger partial charge in [-0.3, -0.25) is 9.59 Å². The Morgan fingerprint density at radius 2 is 2.00 bits per heavy atom. The number of hydrogen-bond donors (Lipinski definition) is 3. The van der Waals surface area contributed by atoms with Crippen LogP contribution in [0, 0.1) is 28.6 Å². The van der Waals surface area contributed by atoms with E-state index in [1.54, 1.807) is 13.8 Å². The molecule has 4 aliphatic carbocycles. The van der Waals surface area contributed by atoms with Gasteiger partial charge in [0.15, 0.2) is 17.2 Å². The predicted octanol–water partition coefficient (Wildman–Crippen LogP) is 2.22. The van der Waals surface area contributed by atoms with Gasteiger partial charge in [-0.25, -0.2) is 8.78 Å². The van der Waals surface area contributed by atoms with Crippen molar-refractivity contribution in [2.75, 3.05) is 6.61 Å². The maximum atomic E-state index is 17.1. The summed E-state index contributed by atoms with van der Waals surface area (Å²) in [7, 11) is 0. The first-order valence-corrected chi connectivity index (χ1v) is 11.2. The topological polar surface area (TPSA) is 94.8 Å². The first-order chi connectivity index (χ1) is 13.8. The van der Waals surface area contributed by atoms with E-state index in [9.17, 15) is 24.9 Å². The maximum Gasteiger partial charge on any atom is 0.190 e. The summed E-state index contributed by atoms with van der Waals surface area (Å²) in [6.45, 7) is 3.91. The Bertz CT molecular complexity index is 876. The van der Waals surface area contributed by atoms with E-state index in [4.69, 9.17) is 0 Å². The van der Waals surface area contributed by atoms with Crippen molar-refractivity contribution in [1.82, 2.24) is 0 Å². The van der Waals surface area contributed by atoms with E-state index >= 15 is 8.78 Å². The Balaban J connectivity index is 1.92. The minimum Gasteiger partial charge on any atom is -0.390 e. The normalized spacial score (nSPS) is 54.8. The van der Waals surface area contributed by atoms with E-state index in [-0.39, 0.29) is 18.4 Å². The Morgan fingerprint density at radius 1 is 1.37 bits per heavy atom. The lowest BCUT2D eigenvalue weighted by Crippen LogP contribution is -2.73. The zero-order valence-corrected chi connectivity index (χ0v) is 18.7. The maximum absolute atomic E-state index is 17.1. The third-order valence-corrected chi connectivity index (χ3v) is 9.83. The monoisotopic (exact) mass is 488 g/mol. The number of halogens is 3. The third kappa shape index (κ3) is 2.26. The van der Waals surface area contributed by atoms with E-state index in [0.717, 1.165) is 6.08 Å². The highest BCUT2D eigenvalue weighted by molar-refractivity contribution is 9.09. The van der Waals surface area contributed by atoms with E-state index in [1.807, 2.05) is 0 Å². The number of aliphatic hydroxyl groups is 3. The molecular formula is C22H27BrF2O5. The lowest BCUT2D eigenvalue weighted by molar-refractivity contribution is -0.221. The number of Topliss-reactive ketones (excluding diaryl/α,β-unsaturated/α-hetero) is 1. The molecule has 0 aromatic rings. The van der Waals surface area contributed by atoms with Gasteiger partial charge in [0.05, 0.1) is 10.9 Å². The van der Waals surface area contributed by atoms with Crippen molar-refractivity contribution in [3.05, 3.63) is 23.8 Å². The fourth-order valence-corrected chi connectivity index (χ4v) is 8.23. The molecule has 30 heavy (non-hydrogen) atoms. The molecule has 0 spiro atoms. The summed E-state index contributed by atoms with van der Waals surface area (Å²) in [5.74, 6) is -3.50. The molecule has 4 aliphatic rings. The molecule has 3 fully saturated rings. The zero-order valence-electron chi connectivity index (χ0n) is 17.1. The zero-order chi connectivity index (χ0) is 22.4. The van der Waals surface area contributed by atoms with Crippen LogP contribution >= 0.6 is 15.9 Å². The molecule has 0 bridgehead atoms. The number of fused-ring (bicyclic) bond motifs is 5. The fourth-order valence-electron chi connectivity index (χ4n) is 7.20. The van der Waals surface area contributed by atoms with Gasteiger partial charge in [-0.05, 0) is 49.3 Å². The number of ketones is 2. The molecule has 166 valence electrons. The van der Waals surface area contributed by atoms with Gasteiger partial charge in [-0.2, -0.15) is 0 Å². The number of aliphatic hydroxyl groups excluding tert-OH is 2. The number of carbonyl (C=O) groups is 2. The second-order valence-electron chi connectivity index (χ2n) is 9.91. The molecule has 3 N–H and O–H groups in total. The SMILES string of the molecule is C[C@H]1C[C@H]2[C@@H]3[C@H](Br)[C@@H](F)C4=CC(=O)C=C[C@]4(C)[C@@]3(F)[C@@H](O)C[C@]2(C)[C@@]1(O)C(=O)CO. The van der Waals surface area contributed by atoms with Crippen LogP contribution in [0.1, 0.15) is 33.6 Å². The average Bonchev–Trinajstić information content (AvgIpc) is 2.89. The molecule has 0 radical (unpaired) electrons. The Hall–Kier alpha value is -0.960. The fraction of sp³-hybridized carbons (Fsp3) is 0.727. The number of rotatable bonds is 2. The van der Waals surface area contributed by atoms with Crippen molar-refractivity contribution >= 4 is 27.5 Å². The molecule has 0 saturated heterocycles. The standard InChI is InChI=1S/C22H27BrF2O5/c1-10-6-12-16-17(23)18(24)13-7-11(27)4-5-19(13,2)21(16,25)14(28)8-20(12,3)22(10,30)15(29)9-26/h4-5,7,10,12,14,16-18,26,28,30H,6,8-9H2,1-3H3/t10-,12-,14-,16+,17-,18-,19-,20-,21+,22-/m0/s1. The summed E-state index contributed by atoms with van der Waals surface area (Å²) in [4.78, 5) is 23.5. The second-order valence-corrected chi connectivity index (χ2v) is 11.0. The molecule has 0 amide bonds. The van der Waals surface area contributed by atoms with Gasteiger partial charge in [-0.15, -0.1) is 0 Å². The van der Waals surface area contributed by atoms with Gasteiger partial charge in [0.2, 0.25) is 0 Å². The van der Waals surface area contributed by atoms with E-state index in [1.165, 1.54) is 19.1 Å². The first-order valence-electron chi connectivity index (χ1n) is 10.3. The number of allylic oxidation sites excluding steroid dienone is 4. The van der Waals surface area contributed by atoms with Crippen molar-refractivity contribution in [1.29, 1.82) is 0 Å². The Morgan fingerprint density at radius 3 is 2.60 bits per heavy atom. The van der Waals surface area contributed by atoms with Crippen LogP contribution in [0.15, 0.2) is 23.8 Å². The van der Waals surface area contributed by atoms with Crippen LogP contribution in [0.25, 0.3) is 0 Å². The van der Waals surface area contributed by atoms with Crippen molar-refractivity contribution < 1.29 is 33.7 Å². The molecule has 3 saturated carbocycles. The quantitative estimate of drug-likeness (QED) is 0.518. The van der Waals surface area contributed by atoms with Gasteiger partial charge in [0.1, 0.15) is 18.4 Å². The van der Waals surface area contributed by atoms with Crippen LogP contribution in [0.3, 0.4) is 0 Å². The highest BCUT2D eigenvalue weighted by Gasteiger charge is 2.78. The molecule has 0 aromatic carbocycles. The van der Waals surface area contributed by atoms with Crippen molar-refractivity contribution in [2.45, 2.75) is 62.0 Å². The van der Waals surface area contributed by atoms with Gasteiger partial charge in [0.25, 0.3) is 0 Å². The summed E-state index contributed by atoms with van der Waals surface area (Å²) in [6, 6.07) is 0.